The van der Waals surface area contributed by atoms with Crippen molar-refractivity contribution in [1.82, 2.24) is 10.2 Å². The van der Waals surface area contributed by atoms with Crippen molar-refractivity contribution in [3.05, 3.63) is 23.2 Å². The van der Waals surface area contributed by atoms with E-state index in [1.807, 2.05) is 19.0 Å². The molecular weight excluding hydrogens is 294 g/mol. The third-order valence-electron chi connectivity index (χ3n) is 2.68. The number of rotatable bonds is 6. The summed E-state index contributed by atoms with van der Waals surface area (Å²) < 4.78 is 5.10. The van der Waals surface area contributed by atoms with Crippen LogP contribution in [0.3, 0.4) is 0 Å². The van der Waals surface area contributed by atoms with E-state index in [0.717, 1.165) is 13.0 Å². The second-order valence-electron chi connectivity index (χ2n) is 4.71. The van der Waals surface area contributed by atoms with Crippen LogP contribution >= 0.6 is 11.6 Å². The standard InChI is InChI=1S/C14H20ClN3O3/c1-18(2)8-4-7-16-13(19)14(20)17-11-9-10(15)5-6-12(11)21-3/h5-6,9H,4,7-8H2,1-3H3,(H,16,19)(H,17,20). The fourth-order valence-corrected chi connectivity index (χ4v) is 1.81. The number of methoxy groups -OCH3 is 1. The summed E-state index contributed by atoms with van der Waals surface area (Å²) in [5.41, 5.74) is 0.360. The van der Waals surface area contributed by atoms with Crippen LogP contribution in [0.1, 0.15) is 6.42 Å². The third-order valence-corrected chi connectivity index (χ3v) is 2.92. The molecule has 6 nitrogen and oxygen atoms in total. The maximum absolute atomic E-state index is 11.8. The smallest absolute Gasteiger partial charge is 0.313 e. The number of halogens is 1. The Hall–Kier alpha value is -1.79. The molecule has 0 aromatic heterocycles. The average Bonchev–Trinajstić information content (AvgIpc) is 2.43. The monoisotopic (exact) mass is 313 g/mol. The van der Waals surface area contributed by atoms with E-state index in [1.165, 1.54) is 13.2 Å². The number of nitrogens with one attached hydrogen (secondary N) is 2. The summed E-state index contributed by atoms with van der Waals surface area (Å²) in [7, 11) is 5.36. The first-order chi connectivity index (χ1) is 9.93. The highest BCUT2D eigenvalue weighted by molar-refractivity contribution is 6.40. The third kappa shape index (κ3) is 6.01. The lowest BCUT2D eigenvalue weighted by atomic mass is 10.3. The van der Waals surface area contributed by atoms with E-state index < -0.39 is 11.8 Å². The van der Waals surface area contributed by atoms with E-state index >= 15 is 0 Å². The van der Waals surface area contributed by atoms with Crippen LogP contribution in [-0.2, 0) is 9.59 Å². The Labute approximate surface area is 129 Å². The predicted octanol–water partition coefficient (Wildman–Crippen LogP) is 1.35. The van der Waals surface area contributed by atoms with Crippen LogP contribution < -0.4 is 15.4 Å². The Balaban J connectivity index is 2.52. The van der Waals surface area contributed by atoms with Gasteiger partial charge in [-0.3, -0.25) is 9.59 Å². The fraction of sp³-hybridized carbons (Fsp3) is 0.429. The van der Waals surface area contributed by atoms with E-state index in [2.05, 4.69) is 10.6 Å². The van der Waals surface area contributed by atoms with Gasteiger partial charge in [0.1, 0.15) is 5.75 Å². The molecule has 116 valence electrons. The zero-order chi connectivity index (χ0) is 15.8. The molecular formula is C14H20ClN3O3. The Morgan fingerprint density at radius 3 is 2.62 bits per heavy atom. The Bertz CT molecular complexity index is 506. The first-order valence-corrected chi connectivity index (χ1v) is 6.89. The van der Waals surface area contributed by atoms with Gasteiger partial charge < -0.3 is 20.3 Å². The van der Waals surface area contributed by atoms with E-state index in [1.54, 1.807) is 12.1 Å². The molecule has 1 aromatic rings. The molecule has 0 radical (unpaired) electrons. The molecule has 0 aliphatic heterocycles. The van der Waals surface area contributed by atoms with Crippen LogP contribution in [0.15, 0.2) is 18.2 Å². The summed E-state index contributed by atoms with van der Waals surface area (Å²) in [5, 5.41) is 5.48. The van der Waals surface area contributed by atoms with Crippen LogP contribution in [0.5, 0.6) is 5.75 Å². The van der Waals surface area contributed by atoms with Crippen molar-refractivity contribution in [3.8, 4) is 5.75 Å². The van der Waals surface area contributed by atoms with Crippen LogP contribution in [0.25, 0.3) is 0 Å². The minimum Gasteiger partial charge on any atom is -0.495 e. The molecule has 0 aliphatic rings. The molecule has 0 unspecified atom stereocenters. The van der Waals surface area contributed by atoms with Gasteiger partial charge in [-0.2, -0.15) is 0 Å². The summed E-state index contributed by atoms with van der Waals surface area (Å²) in [5.74, 6) is -0.996. The van der Waals surface area contributed by atoms with Gasteiger partial charge in [0.05, 0.1) is 12.8 Å². The van der Waals surface area contributed by atoms with Crippen LogP contribution in [0, 0.1) is 0 Å². The van der Waals surface area contributed by atoms with Crippen LogP contribution in [0.2, 0.25) is 5.02 Å². The number of nitrogens with zero attached hydrogens (tertiary/aromatic N) is 1. The molecule has 1 aromatic carbocycles. The van der Waals surface area contributed by atoms with Gasteiger partial charge in [0.25, 0.3) is 0 Å². The number of hydrogen-bond donors (Lipinski definition) is 2. The van der Waals surface area contributed by atoms with Gasteiger partial charge in [-0.25, -0.2) is 0 Å². The van der Waals surface area contributed by atoms with Gasteiger partial charge in [0.2, 0.25) is 0 Å². The number of amides is 2. The molecule has 0 heterocycles. The number of hydrogen-bond acceptors (Lipinski definition) is 4. The summed E-state index contributed by atoms with van der Waals surface area (Å²) in [4.78, 5) is 25.5. The van der Waals surface area contributed by atoms with Crippen molar-refractivity contribution in [1.29, 1.82) is 0 Å². The summed E-state index contributed by atoms with van der Waals surface area (Å²) in [6.07, 6.45) is 0.770. The highest BCUT2D eigenvalue weighted by Gasteiger charge is 2.15. The van der Waals surface area contributed by atoms with Gasteiger partial charge >= 0.3 is 11.8 Å². The lowest BCUT2D eigenvalue weighted by Crippen LogP contribution is -2.36. The lowest BCUT2D eigenvalue weighted by Gasteiger charge is -2.11. The summed E-state index contributed by atoms with van der Waals surface area (Å²) in [6.45, 7) is 1.28. The molecule has 7 heteroatoms. The summed E-state index contributed by atoms with van der Waals surface area (Å²) in [6, 6.07) is 4.78. The molecule has 0 atom stereocenters. The zero-order valence-corrected chi connectivity index (χ0v) is 13.2. The first-order valence-electron chi connectivity index (χ1n) is 6.51. The molecule has 1 rings (SSSR count). The van der Waals surface area contributed by atoms with Crippen molar-refractivity contribution >= 4 is 29.1 Å². The number of anilines is 1. The van der Waals surface area contributed by atoms with E-state index in [4.69, 9.17) is 16.3 Å². The van der Waals surface area contributed by atoms with Gasteiger partial charge in [-0.1, -0.05) is 11.6 Å². The second kappa shape index (κ2) is 8.49. The van der Waals surface area contributed by atoms with Crippen molar-refractivity contribution in [2.45, 2.75) is 6.42 Å². The number of carbonyl (C=O) groups is 2. The number of carbonyl (C=O) groups excluding carboxylic acids is 2. The molecule has 2 N–H and O–H groups in total. The quantitative estimate of drug-likeness (QED) is 0.614. The zero-order valence-electron chi connectivity index (χ0n) is 12.4. The van der Waals surface area contributed by atoms with Crippen LogP contribution in [0.4, 0.5) is 5.69 Å². The van der Waals surface area contributed by atoms with E-state index in [9.17, 15) is 9.59 Å². The molecule has 21 heavy (non-hydrogen) atoms. The SMILES string of the molecule is COc1ccc(Cl)cc1NC(=O)C(=O)NCCCN(C)C. The Morgan fingerprint density at radius 1 is 1.29 bits per heavy atom. The second-order valence-corrected chi connectivity index (χ2v) is 5.15. The van der Waals surface area contributed by atoms with Gasteiger partial charge in [-0.15, -0.1) is 0 Å². The minimum absolute atomic E-state index is 0.360. The Morgan fingerprint density at radius 2 is 2.00 bits per heavy atom. The summed E-state index contributed by atoms with van der Waals surface area (Å²) >= 11 is 5.86. The van der Waals surface area contributed by atoms with Gasteiger partial charge in [0.15, 0.2) is 0 Å². The number of ether oxygens (including phenoxy) is 1. The van der Waals surface area contributed by atoms with Gasteiger partial charge in [0, 0.05) is 11.6 Å². The molecule has 0 saturated carbocycles. The normalized spacial score (nSPS) is 10.3. The van der Waals surface area contributed by atoms with E-state index in [0.29, 0.717) is 23.0 Å². The average molecular weight is 314 g/mol. The lowest BCUT2D eigenvalue weighted by molar-refractivity contribution is -0.136. The minimum atomic E-state index is -0.750. The predicted molar refractivity (Wildman–Crippen MR) is 82.8 cm³/mol. The fourth-order valence-electron chi connectivity index (χ4n) is 1.63. The molecule has 0 fully saturated rings. The first kappa shape index (κ1) is 17.3. The molecule has 0 aliphatic carbocycles. The van der Waals surface area contributed by atoms with Gasteiger partial charge in [-0.05, 0) is 45.3 Å². The largest absolute Gasteiger partial charge is 0.495 e. The highest BCUT2D eigenvalue weighted by atomic mass is 35.5. The topological polar surface area (TPSA) is 70.7 Å². The number of benzene rings is 1. The maximum atomic E-state index is 11.8. The van der Waals surface area contributed by atoms with Crippen molar-refractivity contribution < 1.29 is 14.3 Å². The van der Waals surface area contributed by atoms with Crippen LogP contribution in [-0.4, -0.2) is 51.0 Å². The van der Waals surface area contributed by atoms with Crippen molar-refractivity contribution in [3.63, 3.8) is 0 Å². The molecule has 0 spiro atoms. The van der Waals surface area contributed by atoms with Crippen molar-refractivity contribution in [2.75, 3.05) is 39.6 Å². The van der Waals surface area contributed by atoms with E-state index in [-0.39, 0.29) is 0 Å². The maximum Gasteiger partial charge on any atom is 0.313 e. The Kier molecular flexibility index (Phi) is 6.98. The molecule has 2 amide bonds. The van der Waals surface area contributed by atoms with Crippen molar-refractivity contribution in [2.24, 2.45) is 0 Å². The highest BCUT2D eigenvalue weighted by Crippen LogP contribution is 2.27. The molecule has 0 saturated heterocycles. The molecule has 0 bridgehead atoms.